The molecular weight excluding hydrogens is 240 g/mol. The SMILES string of the molecule is CC(C)CC(=O)CC(C)C.CCCCCOC(C)=O. The first kappa shape index (κ1) is 20.5. The summed E-state index contributed by atoms with van der Waals surface area (Å²) in [6, 6.07) is 0. The van der Waals surface area contributed by atoms with Crippen LogP contribution >= 0.6 is 0 Å². The number of esters is 1. The van der Waals surface area contributed by atoms with Crippen LogP contribution in [-0.4, -0.2) is 18.4 Å². The second-order valence-electron chi connectivity index (χ2n) is 5.78. The first-order chi connectivity index (χ1) is 8.79. The van der Waals surface area contributed by atoms with Gasteiger partial charge in [0.2, 0.25) is 0 Å². The largest absolute Gasteiger partial charge is 0.466 e. The van der Waals surface area contributed by atoms with Gasteiger partial charge in [-0.05, 0) is 18.3 Å². The molecule has 0 aromatic heterocycles. The maximum atomic E-state index is 11.1. The molecule has 19 heavy (non-hydrogen) atoms. The maximum Gasteiger partial charge on any atom is 0.302 e. The molecule has 0 aromatic rings. The van der Waals surface area contributed by atoms with Crippen molar-refractivity contribution >= 4 is 11.8 Å². The lowest BCUT2D eigenvalue weighted by Gasteiger charge is -2.05. The van der Waals surface area contributed by atoms with Gasteiger partial charge in [0.05, 0.1) is 6.61 Å². The number of carbonyl (C=O) groups is 2. The van der Waals surface area contributed by atoms with Gasteiger partial charge in [-0.25, -0.2) is 0 Å². The minimum atomic E-state index is -0.175. The van der Waals surface area contributed by atoms with E-state index in [-0.39, 0.29) is 5.97 Å². The van der Waals surface area contributed by atoms with Crippen LogP contribution in [0.25, 0.3) is 0 Å². The van der Waals surface area contributed by atoms with Gasteiger partial charge in [0.1, 0.15) is 5.78 Å². The molecule has 0 N–H and O–H groups in total. The van der Waals surface area contributed by atoms with Crippen molar-refractivity contribution in [1.29, 1.82) is 0 Å². The van der Waals surface area contributed by atoms with Crippen LogP contribution in [0, 0.1) is 11.8 Å². The summed E-state index contributed by atoms with van der Waals surface area (Å²) in [5.41, 5.74) is 0. The van der Waals surface area contributed by atoms with Crippen LogP contribution < -0.4 is 0 Å². The van der Waals surface area contributed by atoms with Gasteiger partial charge in [0.25, 0.3) is 0 Å². The van der Waals surface area contributed by atoms with Crippen LogP contribution in [0.4, 0.5) is 0 Å². The molecule has 114 valence electrons. The zero-order chi connectivity index (χ0) is 15.3. The van der Waals surface area contributed by atoms with Gasteiger partial charge in [0.15, 0.2) is 0 Å². The molecule has 0 atom stereocenters. The predicted molar refractivity (Wildman–Crippen MR) is 80.1 cm³/mol. The zero-order valence-corrected chi connectivity index (χ0v) is 13.6. The molecule has 0 fully saturated rings. The Morgan fingerprint density at radius 3 is 1.74 bits per heavy atom. The molecule has 0 unspecified atom stereocenters. The van der Waals surface area contributed by atoms with E-state index in [9.17, 15) is 9.59 Å². The van der Waals surface area contributed by atoms with Crippen molar-refractivity contribution in [2.75, 3.05) is 6.61 Å². The standard InChI is InChI=1S/C9H18O.C7H14O2/c1-7(2)5-9(10)6-8(3)4;1-3-4-5-6-9-7(2)8/h7-8H,5-6H2,1-4H3;3-6H2,1-2H3. The van der Waals surface area contributed by atoms with Crippen LogP contribution in [0.3, 0.4) is 0 Å². The molecule has 0 spiro atoms. The number of hydrogen-bond donors (Lipinski definition) is 0. The number of carbonyl (C=O) groups excluding carboxylic acids is 2. The summed E-state index contributed by atoms with van der Waals surface area (Å²) in [6.07, 6.45) is 4.81. The Hall–Kier alpha value is -0.860. The summed E-state index contributed by atoms with van der Waals surface area (Å²) < 4.78 is 4.70. The van der Waals surface area contributed by atoms with E-state index in [0.29, 0.717) is 24.2 Å². The lowest BCUT2D eigenvalue weighted by molar-refractivity contribution is -0.141. The minimum absolute atomic E-state index is 0.175. The molecule has 0 saturated carbocycles. The number of hydrogen-bond acceptors (Lipinski definition) is 3. The van der Waals surface area contributed by atoms with Crippen molar-refractivity contribution in [1.82, 2.24) is 0 Å². The number of ketones is 1. The topological polar surface area (TPSA) is 43.4 Å². The summed E-state index contributed by atoms with van der Waals surface area (Å²) >= 11 is 0. The van der Waals surface area contributed by atoms with Crippen LogP contribution in [0.5, 0.6) is 0 Å². The quantitative estimate of drug-likeness (QED) is 0.486. The predicted octanol–water partition coefficient (Wildman–Crippen LogP) is 4.39. The molecule has 0 radical (unpaired) electrons. The molecule has 0 aromatic carbocycles. The third-order valence-electron chi connectivity index (χ3n) is 2.33. The fraction of sp³-hybridized carbons (Fsp3) is 0.875. The molecule has 0 saturated heterocycles. The second-order valence-corrected chi connectivity index (χ2v) is 5.78. The Morgan fingerprint density at radius 2 is 1.42 bits per heavy atom. The Labute approximate surface area is 119 Å². The van der Waals surface area contributed by atoms with E-state index in [4.69, 9.17) is 4.74 Å². The fourth-order valence-electron chi connectivity index (χ4n) is 1.56. The number of Topliss-reactive ketones (excluding diaryl/α,β-unsaturated/α-hetero) is 1. The average molecular weight is 272 g/mol. The van der Waals surface area contributed by atoms with Crippen molar-refractivity contribution in [3.05, 3.63) is 0 Å². The highest BCUT2D eigenvalue weighted by Crippen LogP contribution is 2.07. The van der Waals surface area contributed by atoms with Crippen LogP contribution in [0.15, 0.2) is 0 Å². The summed E-state index contributed by atoms with van der Waals surface area (Å²) in [4.78, 5) is 21.2. The molecule has 3 heteroatoms. The Morgan fingerprint density at radius 1 is 0.947 bits per heavy atom. The second kappa shape index (κ2) is 13.6. The van der Waals surface area contributed by atoms with Crippen molar-refractivity contribution in [3.8, 4) is 0 Å². The van der Waals surface area contributed by atoms with E-state index in [2.05, 4.69) is 34.6 Å². The van der Waals surface area contributed by atoms with Gasteiger partial charge < -0.3 is 4.74 Å². The molecule has 0 rings (SSSR count). The fourth-order valence-corrected chi connectivity index (χ4v) is 1.56. The molecule has 0 bridgehead atoms. The zero-order valence-electron chi connectivity index (χ0n) is 13.6. The Bertz CT molecular complexity index is 220. The van der Waals surface area contributed by atoms with Crippen molar-refractivity contribution in [2.45, 2.75) is 73.6 Å². The summed E-state index contributed by atoms with van der Waals surface area (Å²) in [7, 11) is 0. The summed E-state index contributed by atoms with van der Waals surface area (Å²) in [5.74, 6) is 1.27. The summed E-state index contributed by atoms with van der Waals surface area (Å²) in [6.45, 7) is 12.5. The number of rotatable bonds is 8. The van der Waals surface area contributed by atoms with E-state index < -0.39 is 0 Å². The Kier molecular flexibility index (Phi) is 14.6. The van der Waals surface area contributed by atoms with Gasteiger partial charge in [-0.2, -0.15) is 0 Å². The molecule has 0 aliphatic carbocycles. The molecular formula is C16H32O3. The lowest BCUT2D eigenvalue weighted by atomic mass is 10.00. The third-order valence-corrected chi connectivity index (χ3v) is 2.33. The highest BCUT2D eigenvalue weighted by atomic mass is 16.5. The van der Waals surface area contributed by atoms with Gasteiger partial charge in [-0.15, -0.1) is 0 Å². The lowest BCUT2D eigenvalue weighted by Crippen LogP contribution is -2.05. The number of unbranched alkanes of at least 4 members (excludes halogenated alkanes) is 2. The van der Waals surface area contributed by atoms with Crippen molar-refractivity contribution in [3.63, 3.8) is 0 Å². The average Bonchev–Trinajstić information content (AvgIpc) is 2.22. The minimum Gasteiger partial charge on any atom is -0.466 e. The van der Waals surface area contributed by atoms with E-state index >= 15 is 0 Å². The molecule has 0 heterocycles. The Balaban J connectivity index is 0. The molecule has 3 nitrogen and oxygen atoms in total. The smallest absolute Gasteiger partial charge is 0.302 e. The van der Waals surface area contributed by atoms with E-state index in [1.807, 2.05) is 0 Å². The van der Waals surface area contributed by atoms with Gasteiger partial charge >= 0.3 is 5.97 Å². The van der Waals surface area contributed by atoms with Gasteiger partial charge in [0, 0.05) is 19.8 Å². The van der Waals surface area contributed by atoms with Crippen LogP contribution in [-0.2, 0) is 14.3 Å². The normalized spacial score (nSPS) is 10.1. The van der Waals surface area contributed by atoms with Crippen molar-refractivity contribution < 1.29 is 14.3 Å². The van der Waals surface area contributed by atoms with Crippen molar-refractivity contribution in [2.24, 2.45) is 11.8 Å². The van der Waals surface area contributed by atoms with Crippen LogP contribution in [0.2, 0.25) is 0 Å². The first-order valence-corrected chi connectivity index (χ1v) is 7.44. The van der Waals surface area contributed by atoms with E-state index in [1.54, 1.807) is 0 Å². The monoisotopic (exact) mass is 272 g/mol. The maximum absolute atomic E-state index is 11.1. The van der Waals surface area contributed by atoms with Gasteiger partial charge in [-0.1, -0.05) is 47.5 Å². The third kappa shape index (κ3) is 22.8. The highest BCUT2D eigenvalue weighted by molar-refractivity contribution is 5.78. The molecule has 0 aliphatic rings. The highest BCUT2D eigenvalue weighted by Gasteiger charge is 2.06. The first-order valence-electron chi connectivity index (χ1n) is 7.44. The van der Waals surface area contributed by atoms with E-state index in [0.717, 1.165) is 25.7 Å². The molecule has 0 aliphatic heterocycles. The van der Waals surface area contributed by atoms with E-state index in [1.165, 1.54) is 13.3 Å². The number of ether oxygens (including phenoxy) is 1. The summed E-state index contributed by atoms with van der Waals surface area (Å²) in [5, 5.41) is 0. The molecule has 0 amide bonds. The van der Waals surface area contributed by atoms with Crippen LogP contribution in [0.1, 0.15) is 73.6 Å². The van der Waals surface area contributed by atoms with Gasteiger partial charge in [-0.3, -0.25) is 9.59 Å².